The van der Waals surface area contributed by atoms with Gasteiger partial charge in [0.1, 0.15) is 23.9 Å². The summed E-state index contributed by atoms with van der Waals surface area (Å²) in [5.41, 5.74) is 0.189. The van der Waals surface area contributed by atoms with Gasteiger partial charge in [-0.05, 0) is 56.9 Å². The van der Waals surface area contributed by atoms with Crippen LogP contribution in [-0.4, -0.2) is 42.4 Å². The molecule has 7 nitrogen and oxygen atoms in total. The molecule has 0 saturated carbocycles. The smallest absolute Gasteiger partial charge is 0.408 e. The summed E-state index contributed by atoms with van der Waals surface area (Å²) in [6, 6.07) is 15.5. The summed E-state index contributed by atoms with van der Waals surface area (Å²) in [6.45, 7) is 4.86. The minimum Gasteiger partial charge on any atom is -0.444 e. The number of benzene rings is 2. The van der Waals surface area contributed by atoms with Crippen molar-refractivity contribution in [1.29, 1.82) is 0 Å². The van der Waals surface area contributed by atoms with Gasteiger partial charge in [0.15, 0.2) is 0 Å². The molecule has 2 aromatic rings. The molecule has 0 aliphatic rings. The molecular formula is C23H28N2O5S. The number of thioether (sulfide) groups is 1. The molecule has 2 aromatic carbocycles. The lowest BCUT2D eigenvalue weighted by atomic mass is 10.1. The van der Waals surface area contributed by atoms with Gasteiger partial charge in [-0.2, -0.15) is 0 Å². The molecule has 0 radical (unpaired) electrons. The van der Waals surface area contributed by atoms with Crippen molar-refractivity contribution in [3.63, 3.8) is 0 Å². The fraction of sp³-hybridized carbons (Fsp3) is 0.348. The van der Waals surface area contributed by atoms with Crippen LogP contribution in [0.25, 0.3) is 0 Å². The fourth-order valence-corrected chi connectivity index (χ4v) is 2.99. The van der Waals surface area contributed by atoms with E-state index < -0.39 is 29.6 Å². The van der Waals surface area contributed by atoms with E-state index >= 15 is 0 Å². The van der Waals surface area contributed by atoms with E-state index in [2.05, 4.69) is 10.6 Å². The lowest BCUT2D eigenvalue weighted by Gasteiger charge is -2.20. The lowest BCUT2D eigenvalue weighted by molar-refractivity contribution is -0.139. The molecule has 166 valence electrons. The molecule has 0 fully saturated rings. The molecular weight excluding hydrogens is 416 g/mol. The predicted molar refractivity (Wildman–Crippen MR) is 120 cm³/mol. The lowest BCUT2D eigenvalue weighted by Crippen LogP contribution is -2.48. The molecule has 0 bridgehead atoms. The predicted octanol–water partition coefficient (Wildman–Crippen LogP) is 3.57. The normalized spacial score (nSPS) is 11.9. The largest absolute Gasteiger partial charge is 0.444 e. The van der Waals surface area contributed by atoms with Gasteiger partial charge in [0.25, 0.3) is 0 Å². The number of nitrogens with one attached hydrogen (secondary N) is 2. The van der Waals surface area contributed by atoms with E-state index in [-0.39, 0.29) is 13.0 Å². The second-order valence-corrected chi connectivity index (χ2v) is 8.64. The van der Waals surface area contributed by atoms with Crippen molar-refractivity contribution < 1.29 is 23.9 Å². The van der Waals surface area contributed by atoms with Crippen LogP contribution >= 0.6 is 11.8 Å². The summed E-state index contributed by atoms with van der Waals surface area (Å²) in [5, 5.41) is 5.02. The maximum atomic E-state index is 12.8. The van der Waals surface area contributed by atoms with Crippen LogP contribution in [0.5, 0.6) is 5.75 Å². The number of carbonyl (C=O) groups is 3. The van der Waals surface area contributed by atoms with E-state index in [0.717, 1.165) is 10.5 Å². The van der Waals surface area contributed by atoms with Crippen molar-refractivity contribution >= 4 is 29.7 Å². The molecule has 0 heterocycles. The minimum absolute atomic E-state index is 0.251. The van der Waals surface area contributed by atoms with E-state index in [1.165, 1.54) is 0 Å². The van der Waals surface area contributed by atoms with E-state index in [0.29, 0.717) is 5.75 Å². The van der Waals surface area contributed by atoms with Crippen LogP contribution < -0.4 is 15.4 Å². The van der Waals surface area contributed by atoms with Crippen LogP contribution in [0.4, 0.5) is 4.79 Å². The number of esters is 1. The molecule has 8 heteroatoms. The highest BCUT2D eigenvalue weighted by Crippen LogP contribution is 2.19. The van der Waals surface area contributed by atoms with Gasteiger partial charge in [-0.3, -0.25) is 4.79 Å². The van der Waals surface area contributed by atoms with Crippen molar-refractivity contribution in [2.45, 2.75) is 43.7 Å². The number of ether oxygens (including phenoxy) is 2. The highest BCUT2D eigenvalue weighted by atomic mass is 32.2. The number of carbonyl (C=O) groups excluding carboxylic acids is 3. The van der Waals surface area contributed by atoms with Crippen LogP contribution in [0.3, 0.4) is 0 Å². The van der Waals surface area contributed by atoms with E-state index in [1.54, 1.807) is 44.7 Å². The molecule has 2 rings (SSSR count). The van der Waals surface area contributed by atoms with Gasteiger partial charge < -0.3 is 20.1 Å². The minimum atomic E-state index is -0.921. The summed E-state index contributed by atoms with van der Waals surface area (Å²) in [6.07, 6.45) is 1.50. The Morgan fingerprint density at radius 2 is 1.65 bits per heavy atom. The van der Waals surface area contributed by atoms with Gasteiger partial charge >= 0.3 is 12.1 Å². The topological polar surface area (TPSA) is 93.7 Å². The second-order valence-electron chi connectivity index (χ2n) is 7.76. The van der Waals surface area contributed by atoms with Gasteiger partial charge in [-0.1, -0.05) is 30.3 Å². The Labute approximate surface area is 186 Å². The first-order valence-corrected chi connectivity index (χ1v) is 11.0. The van der Waals surface area contributed by atoms with Crippen LogP contribution in [0.1, 0.15) is 26.3 Å². The van der Waals surface area contributed by atoms with Crippen LogP contribution in [0.15, 0.2) is 59.5 Å². The van der Waals surface area contributed by atoms with Gasteiger partial charge in [0.2, 0.25) is 5.91 Å². The van der Waals surface area contributed by atoms with Crippen molar-refractivity contribution in [1.82, 2.24) is 10.6 Å². The molecule has 2 amide bonds. The maximum Gasteiger partial charge on any atom is 0.408 e. The zero-order valence-corrected chi connectivity index (χ0v) is 19.0. The van der Waals surface area contributed by atoms with Crippen molar-refractivity contribution in [3.05, 3.63) is 60.2 Å². The van der Waals surface area contributed by atoms with Gasteiger partial charge in [-0.25, -0.2) is 9.59 Å². The monoisotopic (exact) mass is 444 g/mol. The van der Waals surface area contributed by atoms with Crippen LogP contribution in [0, 0.1) is 0 Å². The standard InChI is InChI=1S/C23H28N2O5S/c1-23(2,3)30-22(28)24-15-20(26)25-19(14-16-8-6-5-7-9-16)21(27)29-17-10-12-18(31-4)13-11-17/h5-13,19H,14-15H2,1-4H3,(H,24,28)(H,25,26)/t19-/m0/s1. The molecule has 0 aliphatic carbocycles. The molecule has 0 aromatic heterocycles. The van der Waals surface area contributed by atoms with Crippen molar-refractivity contribution in [2.75, 3.05) is 12.8 Å². The zero-order valence-electron chi connectivity index (χ0n) is 18.1. The first kappa shape index (κ1) is 24.3. The first-order chi connectivity index (χ1) is 14.7. The third-order valence-electron chi connectivity index (χ3n) is 3.97. The third-order valence-corrected chi connectivity index (χ3v) is 4.72. The fourth-order valence-electron chi connectivity index (χ4n) is 2.59. The van der Waals surface area contributed by atoms with Crippen LogP contribution in [-0.2, 0) is 20.7 Å². The number of hydrogen-bond donors (Lipinski definition) is 2. The third kappa shape index (κ3) is 9.13. The number of hydrogen-bond acceptors (Lipinski definition) is 6. The highest BCUT2D eigenvalue weighted by Gasteiger charge is 2.24. The summed E-state index contributed by atoms with van der Waals surface area (Å²) in [7, 11) is 0. The molecule has 31 heavy (non-hydrogen) atoms. The molecule has 0 unspecified atom stereocenters. The Hall–Kier alpha value is -3.00. The van der Waals surface area contributed by atoms with Crippen molar-refractivity contribution in [3.8, 4) is 5.75 Å². The molecule has 0 spiro atoms. The Bertz CT molecular complexity index is 879. The maximum absolute atomic E-state index is 12.8. The highest BCUT2D eigenvalue weighted by molar-refractivity contribution is 7.98. The average Bonchev–Trinajstić information content (AvgIpc) is 2.72. The summed E-state index contributed by atoms with van der Waals surface area (Å²) >= 11 is 1.58. The molecule has 0 saturated heterocycles. The summed E-state index contributed by atoms with van der Waals surface area (Å²) in [5.74, 6) is -0.727. The average molecular weight is 445 g/mol. The quantitative estimate of drug-likeness (QED) is 0.367. The summed E-state index contributed by atoms with van der Waals surface area (Å²) < 4.78 is 10.6. The number of alkyl carbamates (subject to hydrolysis) is 1. The van der Waals surface area contributed by atoms with Crippen LogP contribution in [0.2, 0.25) is 0 Å². The second kappa shape index (κ2) is 11.4. The van der Waals surface area contributed by atoms with Gasteiger partial charge in [0, 0.05) is 11.3 Å². The summed E-state index contributed by atoms with van der Waals surface area (Å²) in [4.78, 5) is 37.9. The molecule has 0 aliphatic heterocycles. The number of rotatable bonds is 8. The molecule has 1 atom stereocenters. The van der Waals surface area contributed by atoms with E-state index in [9.17, 15) is 14.4 Å². The Kier molecular flexibility index (Phi) is 8.93. The first-order valence-electron chi connectivity index (χ1n) is 9.82. The zero-order chi connectivity index (χ0) is 22.9. The van der Waals surface area contributed by atoms with Gasteiger partial charge in [0.05, 0.1) is 0 Å². The van der Waals surface area contributed by atoms with E-state index in [4.69, 9.17) is 9.47 Å². The van der Waals surface area contributed by atoms with E-state index in [1.807, 2.05) is 48.7 Å². The SMILES string of the molecule is CSc1ccc(OC(=O)[C@H](Cc2ccccc2)NC(=O)CNC(=O)OC(C)(C)C)cc1. The van der Waals surface area contributed by atoms with Gasteiger partial charge in [-0.15, -0.1) is 11.8 Å². The molecule has 2 N–H and O–H groups in total. The van der Waals surface area contributed by atoms with Crippen molar-refractivity contribution in [2.24, 2.45) is 0 Å². The number of amides is 2. The Balaban J connectivity index is 2.02. The Morgan fingerprint density at radius 1 is 1.00 bits per heavy atom. The Morgan fingerprint density at radius 3 is 2.23 bits per heavy atom.